The van der Waals surface area contributed by atoms with Crippen LogP contribution in [0, 0.1) is 6.92 Å². The van der Waals surface area contributed by atoms with Crippen LogP contribution >= 0.6 is 0 Å². The molecule has 2 heterocycles. The predicted octanol–water partition coefficient (Wildman–Crippen LogP) is 3.83. The second-order valence-corrected chi connectivity index (χ2v) is 8.44. The number of aromatic nitrogens is 4. The Labute approximate surface area is 185 Å². The third-order valence-electron chi connectivity index (χ3n) is 6.30. The van der Waals surface area contributed by atoms with E-state index in [0.717, 1.165) is 36.8 Å². The second kappa shape index (κ2) is 8.15. The molecule has 0 saturated heterocycles. The molecule has 5 rings (SSSR count). The number of hydrogen-bond donors (Lipinski definition) is 0. The van der Waals surface area contributed by atoms with Gasteiger partial charge < -0.3 is 9.30 Å². The Hall–Kier alpha value is -3.61. The van der Waals surface area contributed by atoms with E-state index in [-0.39, 0.29) is 17.3 Å². The summed E-state index contributed by atoms with van der Waals surface area (Å²) in [5.74, 6) is 0.556. The van der Waals surface area contributed by atoms with Gasteiger partial charge in [0.05, 0.1) is 19.1 Å². The van der Waals surface area contributed by atoms with Crippen molar-refractivity contribution in [2.75, 3.05) is 7.11 Å². The van der Waals surface area contributed by atoms with Crippen molar-refractivity contribution in [1.29, 1.82) is 0 Å². The fourth-order valence-corrected chi connectivity index (χ4v) is 4.80. The Morgan fingerprint density at radius 2 is 1.84 bits per heavy atom. The number of benzene rings is 2. The fraction of sp³-hybridized carbons (Fsp3) is 0.320. The summed E-state index contributed by atoms with van der Waals surface area (Å²) in [5, 5.41) is 0. The molecule has 0 aliphatic heterocycles. The molecule has 0 atom stereocenters. The van der Waals surface area contributed by atoms with Gasteiger partial charge in [0.25, 0.3) is 5.56 Å². The molecule has 0 spiro atoms. The summed E-state index contributed by atoms with van der Waals surface area (Å²) in [6.45, 7) is 2.55. The highest BCUT2D eigenvalue weighted by Gasteiger charge is 2.26. The lowest BCUT2D eigenvalue weighted by atomic mass is 10.1. The largest absolute Gasteiger partial charge is 0.495 e. The third kappa shape index (κ3) is 3.34. The first-order valence-electron chi connectivity index (χ1n) is 11.0. The molecule has 4 aromatic rings. The first kappa shape index (κ1) is 20.3. The van der Waals surface area contributed by atoms with Crippen LogP contribution in [-0.2, 0) is 6.54 Å². The summed E-state index contributed by atoms with van der Waals surface area (Å²) in [7, 11) is 1.57. The zero-order chi connectivity index (χ0) is 22.2. The molecule has 1 aliphatic rings. The van der Waals surface area contributed by atoms with Gasteiger partial charge in [-0.2, -0.15) is 0 Å². The van der Waals surface area contributed by atoms with Crippen molar-refractivity contribution in [2.45, 2.75) is 45.2 Å². The fourth-order valence-electron chi connectivity index (χ4n) is 4.80. The molecule has 7 nitrogen and oxygen atoms in total. The molecular formula is C25H26N4O3. The number of para-hydroxylation sites is 2. The SMILES string of the molecule is COc1ccccc1-n1c(=O)n(C2CCCC2)c(=O)c2c1ncn2Cc1cccc(C)c1. The quantitative estimate of drug-likeness (QED) is 0.483. The van der Waals surface area contributed by atoms with Crippen molar-refractivity contribution in [2.24, 2.45) is 0 Å². The molecule has 0 amide bonds. The summed E-state index contributed by atoms with van der Waals surface area (Å²) in [5.41, 5.74) is 2.97. The van der Waals surface area contributed by atoms with Crippen molar-refractivity contribution >= 4 is 11.2 Å². The number of methoxy groups -OCH3 is 1. The average molecular weight is 431 g/mol. The molecule has 0 bridgehead atoms. The van der Waals surface area contributed by atoms with Gasteiger partial charge in [0.2, 0.25) is 0 Å². The molecule has 0 radical (unpaired) electrons. The van der Waals surface area contributed by atoms with Gasteiger partial charge in [-0.3, -0.25) is 9.36 Å². The number of fused-ring (bicyclic) bond motifs is 1. The number of rotatable bonds is 5. The van der Waals surface area contributed by atoms with Crippen LogP contribution in [-0.4, -0.2) is 25.8 Å². The number of aryl methyl sites for hydroxylation is 1. The number of nitrogens with zero attached hydrogens (tertiary/aromatic N) is 4. The van der Waals surface area contributed by atoms with Crippen LogP contribution < -0.4 is 16.0 Å². The van der Waals surface area contributed by atoms with Crippen molar-refractivity contribution in [3.05, 3.63) is 86.8 Å². The van der Waals surface area contributed by atoms with E-state index in [1.165, 1.54) is 9.13 Å². The van der Waals surface area contributed by atoms with Gasteiger partial charge in [0.15, 0.2) is 11.2 Å². The normalized spacial score (nSPS) is 14.3. The summed E-state index contributed by atoms with van der Waals surface area (Å²) < 4.78 is 10.4. The molecule has 0 unspecified atom stereocenters. The third-order valence-corrected chi connectivity index (χ3v) is 6.30. The lowest BCUT2D eigenvalue weighted by molar-refractivity contribution is 0.411. The highest BCUT2D eigenvalue weighted by molar-refractivity contribution is 5.73. The van der Waals surface area contributed by atoms with E-state index in [1.54, 1.807) is 13.4 Å². The van der Waals surface area contributed by atoms with Crippen LogP contribution in [0.3, 0.4) is 0 Å². The number of imidazole rings is 1. The summed E-state index contributed by atoms with van der Waals surface area (Å²) in [6, 6.07) is 15.4. The maximum Gasteiger partial charge on any atom is 0.337 e. The van der Waals surface area contributed by atoms with E-state index >= 15 is 0 Å². The standard InChI is InChI=1S/C25H26N4O3/c1-17-8-7-9-18(14-17)15-27-16-26-23-22(27)24(30)28(19-10-3-4-11-19)25(31)29(23)20-12-5-6-13-21(20)32-2/h5-9,12-14,16,19H,3-4,10-11,15H2,1-2H3. The Balaban J connectivity index is 1.80. The Morgan fingerprint density at radius 1 is 1.06 bits per heavy atom. The average Bonchev–Trinajstić information content (AvgIpc) is 3.45. The molecule has 2 aromatic heterocycles. The molecule has 2 aromatic carbocycles. The van der Waals surface area contributed by atoms with Crippen LogP contribution in [0.4, 0.5) is 0 Å². The predicted molar refractivity (Wildman–Crippen MR) is 124 cm³/mol. The van der Waals surface area contributed by atoms with E-state index in [0.29, 0.717) is 29.1 Å². The van der Waals surface area contributed by atoms with Crippen LogP contribution in [0.5, 0.6) is 5.75 Å². The first-order chi connectivity index (χ1) is 15.6. The maximum absolute atomic E-state index is 13.7. The molecule has 1 aliphatic carbocycles. The Morgan fingerprint density at radius 3 is 2.59 bits per heavy atom. The zero-order valence-electron chi connectivity index (χ0n) is 18.3. The minimum absolute atomic E-state index is 0.0947. The minimum Gasteiger partial charge on any atom is -0.495 e. The van der Waals surface area contributed by atoms with Crippen LogP contribution in [0.1, 0.15) is 42.9 Å². The number of ether oxygens (including phenoxy) is 1. The molecule has 1 fully saturated rings. The van der Waals surface area contributed by atoms with Gasteiger partial charge in [-0.1, -0.05) is 54.8 Å². The maximum atomic E-state index is 13.7. The molecular weight excluding hydrogens is 404 g/mol. The van der Waals surface area contributed by atoms with Crippen molar-refractivity contribution in [3.8, 4) is 11.4 Å². The van der Waals surface area contributed by atoms with Gasteiger partial charge >= 0.3 is 5.69 Å². The van der Waals surface area contributed by atoms with Gasteiger partial charge in [-0.15, -0.1) is 0 Å². The van der Waals surface area contributed by atoms with Gasteiger partial charge in [-0.25, -0.2) is 14.3 Å². The van der Waals surface area contributed by atoms with E-state index < -0.39 is 0 Å². The zero-order valence-corrected chi connectivity index (χ0v) is 18.3. The molecule has 0 N–H and O–H groups in total. The van der Waals surface area contributed by atoms with Gasteiger partial charge in [0.1, 0.15) is 5.75 Å². The topological polar surface area (TPSA) is 71.1 Å². The van der Waals surface area contributed by atoms with E-state index in [2.05, 4.69) is 11.1 Å². The van der Waals surface area contributed by atoms with Crippen molar-refractivity contribution in [3.63, 3.8) is 0 Å². The summed E-state index contributed by atoms with van der Waals surface area (Å²) in [4.78, 5) is 31.9. The van der Waals surface area contributed by atoms with E-state index in [1.807, 2.05) is 54.0 Å². The number of hydrogen-bond acceptors (Lipinski definition) is 4. The lowest BCUT2D eigenvalue weighted by Gasteiger charge is -2.18. The minimum atomic E-state index is -0.361. The summed E-state index contributed by atoms with van der Waals surface area (Å²) in [6.07, 6.45) is 5.35. The van der Waals surface area contributed by atoms with Crippen molar-refractivity contribution < 1.29 is 4.74 Å². The van der Waals surface area contributed by atoms with Crippen LogP contribution in [0.2, 0.25) is 0 Å². The first-order valence-corrected chi connectivity index (χ1v) is 11.0. The molecule has 1 saturated carbocycles. The van der Waals surface area contributed by atoms with Crippen molar-refractivity contribution in [1.82, 2.24) is 18.7 Å². The summed E-state index contributed by atoms with van der Waals surface area (Å²) >= 11 is 0. The molecule has 164 valence electrons. The van der Waals surface area contributed by atoms with E-state index in [9.17, 15) is 9.59 Å². The second-order valence-electron chi connectivity index (χ2n) is 8.44. The highest BCUT2D eigenvalue weighted by atomic mass is 16.5. The smallest absolute Gasteiger partial charge is 0.337 e. The highest BCUT2D eigenvalue weighted by Crippen LogP contribution is 2.29. The molecule has 7 heteroatoms. The Kier molecular flexibility index (Phi) is 5.17. The molecule has 32 heavy (non-hydrogen) atoms. The van der Waals surface area contributed by atoms with Gasteiger partial charge in [-0.05, 0) is 37.5 Å². The van der Waals surface area contributed by atoms with Crippen LogP contribution in [0.25, 0.3) is 16.9 Å². The lowest BCUT2D eigenvalue weighted by Crippen LogP contribution is -2.42. The van der Waals surface area contributed by atoms with Crippen LogP contribution in [0.15, 0.2) is 64.4 Å². The van der Waals surface area contributed by atoms with Gasteiger partial charge in [0, 0.05) is 12.6 Å². The monoisotopic (exact) mass is 430 g/mol. The van der Waals surface area contributed by atoms with E-state index in [4.69, 9.17) is 4.74 Å². The Bertz CT molecular complexity index is 1410.